The highest BCUT2D eigenvalue weighted by molar-refractivity contribution is 5.76. The summed E-state index contributed by atoms with van der Waals surface area (Å²) in [5.41, 5.74) is -0.607. The van der Waals surface area contributed by atoms with Crippen LogP contribution >= 0.6 is 0 Å². The number of carbonyl (C=O) groups excluding carboxylic acids is 1. The molecule has 4 nitrogen and oxygen atoms in total. The molecule has 2 rings (SSSR count). The number of carbonyl (C=O) groups is 1. The number of halogens is 3. The van der Waals surface area contributed by atoms with Crippen molar-refractivity contribution in [3.05, 3.63) is 17.5 Å². The van der Waals surface area contributed by atoms with E-state index in [0.717, 1.165) is 30.0 Å². The molecule has 1 fully saturated rings. The summed E-state index contributed by atoms with van der Waals surface area (Å²) in [6.07, 6.45) is -1.50. The summed E-state index contributed by atoms with van der Waals surface area (Å²) in [5.74, 6) is -0.169. The van der Waals surface area contributed by atoms with Gasteiger partial charge in [-0.3, -0.25) is 9.48 Å². The summed E-state index contributed by atoms with van der Waals surface area (Å²) in [4.78, 5) is 13.9. The molecule has 1 atom stereocenters. The molecule has 0 bridgehead atoms. The predicted molar refractivity (Wildman–Crippen MR) is 67.0 cm³/mol. The molecule has 1 saturated heterocycles. The molecule has 1 aromatic rings. The van der Waals surface area contributed by atoms with Crippen LogP contribution in [0.1, 0.15) is 37.6 Å². The Morgan fingerprint density at radius 3 is 2.70 bits per heavy atom. The smallest absolute Gasteiger partial charge is 0.338 e. The van der Waals surface area contributed by atoms with Crippen molar-refractivity contribution in [3.63, 3.8) is 0 Å². The summed E-state index contributed by atoms with van der Waals surface area (Å²) in [5, 5.41) is 3.49. The second-order valence-electron chi connectivity index (χ2n) is 5.26. The Labute approximate surface area is 115 Å². The molecule has 0 N–H and O–H groups in total. The molecule has 112 valence electrons. The number of alkyl halides is 3. The van der Waals surface area contributed by atoms with E-state index in [1.807, 2.05) is 6.92 Å². The molecular weight excluding hydrogens is 271 g/mol. The molecule has 2 heterocycles. The maximum Gasteiger partial charge on any atom is 0.435 e. The van der Waals surface area contributed by atoms with Crippen LogP contribution in [0.2, 0.25) is 0 Å². The minimum atomic E-state index is -4.47. The first-order chi connectivity index (χ1) is 9.29. The van der Waals surface area contributed by atoms with Crippen LogP contribution in [0.25, 0.3) is 0 Å². The standard InChI is InChI=1S/C13H18F3N3O/c1-9-5-3-4-6-18(9)12(20)8-19-10(2)7-11(17-19)13(14,15)16/h7,9H,3-6,8H2,1-2H3/t9-/m1/s1. The van der Waals surface area contributed by atoms with Gasteiger partial charge in [-0.05, 0) is 39.2 Å². The third-order valence-electron chi connectivity index (χ3n) is 3.68. The maximum atomic E-state index is 12.6. The number of aryl methyl sites for hydroxylation is 1. The Balaban J connectivity index is 2.10. The van der Waals surface area contributed by atoms with Gasteiger partial charge < -0.3 is 4.90 Å². The molecule has 7 heteroatoms. The number of rotatable bonds is 2. The second kappa shape index (κ2) is 5.46. The molecule has 20 heavy (non-hydrogen) atoms. The number of hydrogen-bond acceptors (Lipinski definition) is 2. The zero-order valence-corrected chi connectivity index (χ0v) is 11.6. The van der Waals surface area contributed by atoms with E-state index in [9.17, 15) is 18.0 Å². The van der Waals surface area contributed by atoms with Gasteiger partial charge in [0.25, 0.3) is 0 Å². The molecular formula is C13H18F3N3O. The second-order valence-corrected chi connectivity index (χ2v) is 5.26. The van der Waals surface area contributed by atoms with Crippen molar-refractivity contribution in [1.29, 1.82) is 0 Å². The summed E-state index contributed by atoms with van der Waals surface area (Å²) in [6.45, 7) is 4.03. The summed E-state index contributed by atoms with van der Waals surface area (Å²) in [7, 11) is 0. The third-order valence-corrected chi connectivity index (χ3v) is 3.68. The van der Waals surface area contributed by atoms with Crippen molar-refractivity contribution < 1.29 is 18.0 Å². The van der Waals surface area contributed by atoms with Crippen molar-refractivity contribution in [2.75, 3.05) is 6.54 Å². The minimum absolute atomic E-state index is 0.133. The van der Waals surface area contributed by atoms with Gasteiger partial charge in [-0.25, -0.2) is 0 Å². The number of nitrogens with zero attached hydrogens (tertiary/aromatic N) is 3. The molecule has 1 aromatic heterocycles. The van der Waals surface area contributed by atoms with Crippen molar-refractivity contribution in [2.24, 2.45) is 0 Å². The van der Waals surface area contributed by atoms with E-state index in [-0.39, 0.29) is 18.5 Å². The van der Waals surface area contributed by atoms with Gasteiger partial charge in [0.2, 0.25) is 5.91 Å². The molecule has 0 unspecified atom stereocenters. The van der Waals surface area contributed by atoms with Gasteiger partial charge in [0.1, 0.15) is 6.54 Å². The van der Waals surface area contributed by atoms with E-state index in [1.165, 1.54) is 6.92 Å². The monoisotopic (exact) mass is 289 g/mol. The van der Waals surface area contributed by atoms with Crippen molar-refractivity contribution in [3.8, 4) is 0 Å². The summed E-state index contributed by atoms with van der Waals surface area (Å²) >= 11 is 0. The lowest BCUT2D eigenvalue weighted by Gasteiger charge is -2.33. The third kappa shape index (κ3) is 3.13. The van der Waals surface area contributed by atoms with E-state index in [4.69, 9.17) is 0 Å². The SMILES string of the molecule is Cc1cc(C(F)(F)F)nn1CC(=O)N1CCCC[C@H]1C. The van der Waals surface area contributed by atoms with Crippen molar-refractivity contribution in [2.45, 2.75) is 51.9 Å². The fourth-order valence-electron chi connectivity index (χ4n) is 2.50. The van der Waals surface area contributed by atoms with Gasteiger partial charge >= 0.3 is 6.18 Å². The van der Waals surface area contributed by atoms with E-state index in [0.29, 0.717) is 12.2 Å². The molecule has 0 spiro atoms. The van der Waals surface area contributed by atoms with Gasteiger partial charge in [-0.15, -0.1) is 0 Å². The Hall–Kier alpha value is -1.53. The van der Waals surface area contributed by atoms with Crippen LogP contribution in [0.4, 0.5) is 13.2 Å². The fourth-order valence-corrected chi connectivity index (χ4v) is 2.50. The highest BCUT2D eigenvalue weighted by atomic mass is 19.4. The number of amides is 1. The van der Waals surface area contributed by atoms with E-state index in [2.05, 4.69) is 5.10 Å². The summed E-state index contributed by atoms with van der Waals surface area (Å²) < 4.78 is 38.8. The highest BCUT2D eigenvalue weighted by Gasteiger charge is 2.34. The van der Waals surface area contributed by atoms with E-state index < -0.39 is 11.9 Å². The molecule has 0 aliphatic carbocycles. The molecule has 1 amide bonds. The van der Waals surface area contributed by atoms with Crippen molar-refractivity contribution in [1.82, 2.24) is 14.7 Å². The van der Waals surface area contributed by atoms with Crippen LogP contribution in [0.3, 0.4) is 0 Å². The zero-order chi connectivity index (χ0) is 14.9. The largest absolute Gasteiger partial charge is 0.435 e. The lowest BCUT2D eigenvalue weighted by atomic mass is 10.0. The predicted octanol–water partition coefficient (Wildman–Crippen LogP) is 2.61. The highest BCUT2D eigenvalue weighted by Crippen LogP contribution is 2.28. The molecule has 0 aromatic carbocycles. The number of hydrogen-bond donors (Lipinski definition) is 0. The molecule has 0 saturated carbocycles. The topological polar surface area (TPSA) is 38.1 Å². The average molecular weight is 289 g/mol. The van der Waals surface area contributed by atoms with Crippen LogP contribution in [0.5, 0.6) is 0 Å². The van der Waals surface area contributed by atoms with Crippen molar-refractivity contribution >= 4 is 5.91 Å². The Morgan fingerprint density at radius 1 is 1.45 bits per heavy atom. The van der Waals surface area contributed by atoms with E-state index >= 15 is 0 Å². The quantitative estimate of drug-likeness (QED) is 0.839. The Morgan fingerprint density at radius 2 is 2.15 bits per heavy atom. The fraction of sp³-hybridized carbons (Fsp3) is 0.692. The Bertz CT molecular complexity index is 496. The normalized spacial score (nSPS) is 20.2. The first-order valence-electron chi connectivity index (χ1n) is 6.70. The first kappa shape index (κ1) is 14.9. The molecule has 1 aliphatic rings. The van der Waals surface area contributed by atoms with Crippen LogP contribution in [0.15, 0.2) is 6.07 Å². The van der Waals surface area contributed by atoms with Crippen LogP contribution in [-0.2, 0) is 17.5 Å². The minimum Gasteiger partial charge on any atom is -0.338 e. The zero-order valence-electron chi connectivity index (χ0n) is 11.6. The number of piperidine rings is 1. The van der Waals surface area contributed by atoms with Gasteiger partial charge in [0, 0.05) is 18.3 Å². The van der Waals surface area contributed by atoms with Gasteiger partial charge in [-0.1, -0.05) is 0 Å². The van der Waals surface area contributed by atoms with Crippen LogP contribution in [-0.4, -0.2) is 33.2 Å². The number of likely N-dealkylation sites (tertiary alicyclic amines) is 1. The van der Waals surface area contributed by atoms with Gasteiger partial charge in [-0.2, -0.15) is 18.3 Å². The first-order valence-corrected chi connectivity index (χ1v) is 6.70. The lowest BCUT2D eigenvalue weighted by Crippen LogP contribution is -2.43. The lowest BCUT2D eigenvalue weighted by molar-refractivity contribution is -0.142. The van der Waals surface area contributed by atoms with Gasteiger partial charge in [0.05, 0.1) is 0 Å². The average Bonchev–Trinajstić information content (AvgIpc) is 2.71. The Kier molecular flexibility index (Phi) is 4.06. The van der Waals surface area contributed by atoms with E-state index in [1.54, 1.807) is 4.90 Å². The van der Waals surface area contributed by atoms with Crippen LogP contribution < -0.4 is 0 Å². The molecule has 0 radical (unpaired) electrons. The van der Waals surface area contributed by atoms with Crippen LogP contribution in [0, 0.1) is 6.92 Å². The maximum absolute atomic E-state index is 12.6. The molecule has 1 aliphatic heterocycles. The number of aromatic nitrogens is 2. The van der Waals surface area contributed by atoms with Gasteiger partial charge in [0.15, 0.2) is 5.69 Å². The summed E-state index contributed by atoms with van der Waals surface area (Å²) in [6, 6.07) is 1.11.